The first-order valence-corrected chi connectivity index (χ1v) is 11.9. The highest BCUT2D eigenvalue weighted by molar-refractivity contribution is 5.94. The Kier molecular flexibility index (Phi) is 6.72. The molecule has 3 N–H and O–H groups in total. The van der Waals surface area contributed by atoms with E-state index in [0.29, 0.717) is 64.1 Å². The van der Waals surface area contributed by atoms with Gasteiger partial charge in [-0.05, 0) is 43.2 Å². The third-order valence-corrected chi connectivity index (χ3v) is 6.48. The third kappa shape index (κ3) is 5.09. The first-order valence-electron chi connectivity index (χ1n) is 11.9. The van der Waals surface area contributed by atoms with E-state index in [9.17, 15) is 9.18 Å². The van der Waals surface area contributed by atoms with Crippen molar-refractivity contribution in [3.05, 3.63) is 66.1 Å². The quantitative estimate of drug-likeness (QED) is 0.409. The van der Waals surface area contributed by atoms with Crippen molar-refractivity contribution in [2.24, 2.45) is 0 Å². The van der Waals surface area contributed by atoms with E-state index in [1.807, 2.05) is 0 Å². The maximum Gasteiger partial charge on any atom is 0.253 e. The van der Waals surface area contributed by atoms with Gasteiger partial charge in [0.2, 0.25) is 5.95 Å². The lowest BCUT2D eigenvalue weighted by atomic mass is 10.0. The molecule has 4 aromatic rings. The van der Waals surface area contributed by atoms with Gasteiger partial charge in [-0.15, -0.1) is 0 Å². The number of carbonyl (C=O) groups is 1. The van der Waals surface area contributed by atoms with Crippen molar-refractivity contribution in [1.82, 2.24) is 20.3 Å². The summed E-state index contributed by atoms with van der Waals surface area (Å²) >= 11 is 0. The molecule has 0 saturated carbocycles. The number of rotatable bonds is 6. The molecule has 0 atom stereocenters. The summed E-state index contributed by atoms with van der Waals surface area (Å²) in [6, 6.07) is 13.2. The molecule has 9 nitrogen and oxygen atoms in total. The number of nitrogens with two attached hydrogens (primary N) is 1. The number of piperidine rings is 1. The van der Waals surface area contributed by atoms with Gasteiger partial charge in [0, 0.05) is 42.3 Å². The van der Waals surface area contributed by atoms with Gasteiger partial charge in [-0.3, -0.25) is 9.78 Å². The second-order valence-corrected chi connectivity index (χ2v) is 8.81. The predicted octanol–water partition coefficient (Wildman–Crippen LogP) is 3.83. The lowest BCUT2D eigenvalue weighted by Gasteiger charge is -2.32. The summed E-state index contributed by atoms with van der Waals surface area (Å²) in [6.45, 7) is 1.33. The number of nitrogen functional groups attached to an aromatic ring is 1. The molecule has 1 aliphatic heterocycles. The molecule has 2 aromatic carbocycles. The average Bonchev–Trinajstić information content (AvgIpc) is 2.92. The van der Waals surface area contributed by atoms with E-state index >= 15 is 0 Å². The number of nitrogens with one attached hydrogen (secondary N) is 1. The minimum atomic E-state index is -0.329. The average molecular weight is 503 g/mol. The number of anilines is 2. The van der Waals surface area contributed by atoms with Gasteiger partial charge in [0.15, 0.2) is 11.5 Å². The van der Waals surface area contributed by atoms with Gasteiger partial charge in [0.05, 0.1) is 31.0 Å². The molecule has 2 aromatic heterocycles. The van der Waals surface area contributed by atoms with Crippen LogP contribution in [0, 0.1) is 5.82 Å². The van der Waals surface area contributed by atoms with Crippen LogP contribution in [0.25, 0.3) is 22.2 Å². The Labute approximate surface area is 213 Å². The molecule has 0 radical (unpaired) electrons. The van der Waals surface area contributed by atoms with Crippen LogP contribution < -0.4 is 25.4 Å². The number of carbonyl (C=O) groups excluding carboxylic acids is 1. The van der Waals surface area contributed by atoms with Crippen LogP contribution in [0.15, 0.2) is 54.7 Å². The van der Waals surface area contributed by atoms with E-state index in [0.717, 1.165) is 12.8 Å². The van der Waals surface area contributed by atoms with Crippen LogP contribution in [0.5, 0.6) is 11.5 Å². The lowest BCUT2D eigenvalue weighted by Crippen LogP contribution is -2.45. The maximum atomic E-state index is 13.5. The Morgan fingerprint density at radius 1 is 1.05 bits per heavy atom. The topological polar surface area (TPSA) is 115 Å². The number of benzene rings is 2. The molecule has 1 saturated heterocycles. The minimum absolute atomic E-state index is 0.00815. The van der Waals surface area contributed by atoms with E-state index < -0.39 is 0 Å². The summed E-state index contributed by atoms with van der Waals surface area (Å²) in [6.07, 6.45) is 2.97. The number of halogens is 1. The number of nitrogens with zero attached hydrogens (tertiary/aromatic N) is 4. The summed E-state index contributed by atoms with van der Waals surface area (Å²) < 4.78 is 24.2. The zero-order valence-electron chi connectivity index (χ0n) is 20.6. The number of hydrogen-bond acceptors (Lipinski definition) is 8. The molecular formula is C27H27FN6O3. The zero-order valence-corrected chi connectivity index (χ0v) is 20.6. The highest BCUT2D eigenvalue weighted by Gasteiger charge is 2.24. The number of hydrogen-bond donors (Lipinski definition) is 2. The molecule has 190 valence electrons. The van der Waals surface area contributed by atoms with Crippen molar-refractivity contribution in [2.75, 3.05) is 37.9 Å². The molecule has 0 bridgehead atoms. The van der Waals surface area contributed by atoms with E-state index in [4.69, 9.17) is 20.2 Å². The second kappa shape index (κ2) is 10.3. The van der Waals surface area contributed by atoms with Gasteiger partial charge < -0.3 is 25.4 Å². The molecular weight excluding hydrogens is 475 g/mol. The molecule has 1 aliphatic rings. The normalized spacial score (nSPS) is 14.0. The Morgan fingerprint density at radius 2 is 1.81 bits per heavy atom. The van der Waals surface area contributed by atoms with Crippen molar-refractivity contribution >= 4 is 28.6 Å². The van der Waals surface area contributed by atoms with Crippen LogP contribution >= 0.6 is 0 Å². The molecule has 10 heteroatoms. The van der Waals surface area contributed by atoms with Crippen LogP contribution in [0.4, 0.5) is 16.2 Å². The molecule has 0 aliphatic carbocycles. The molecule has 1 amide bonds. The van der Waals surface area contributed by atoms with E-state index in [-0.39, 0.29) is 17.8 Å². The number of ether oxygens (including phenoxy) is 2. The minimum Gasteiger partial charge on any atom is -0.493 e. The van der Waals surface area contributed by atoms with Gasteiger partial charge in [-0.2, -0.15) is 4.98 Å². The molecule has 0 unspecified atom stereocenters. The Morgan fingerprint density at radius 3 is 2.49 bits per heavy atom. The third-order valence-electron chi connectivity index (χ3n) is 6.48. The van der Waals surface area contributed by atoms with Crippen molar-refractivity contribution in [3.63, 3.8) is 0 Å². The number of fused-ring (bicyclic) bond motifs is 1. The van der Waals surface area contributed by atoms with Crippen LogP contribution in [0.3, 0.4) is 0 Å². The molecule has 1 fully saturated rings. The van der Waals surface area contributed by atoms with E-state index in [1.165, 1.54) is 18.3 Å². The number of pyridine rings is 1. The first kappa shape index (κ1) is 24.2. The number of methoxy groups -OCH3 is 2. The SMILES string of the molecule is COc1cc2nc(N3CCC(NC(=O)c4ccc(-c5cccc(F)c5)nc4)CC3)nc(N)c2cc1OC. The fourth-order valence-corrected chi connectivity index (χ4v) is 4.45. The highest BCUT2D eigenvalue weighted by Crippen LogP contribution is 2.34. The monoisotopic (exact) mass is 502 g/mol. The maximum absolute atomic E-state index is 13.5. The van der Waals surface area contributed by atoms with Crippen LogP contribution in [0.1, 0.15) is 23.2 Å². The summed E-state index contributed by atoms with van der Waals surface area (Å²) in [7, 11) is 3.14. The van der Waals surface area contributed by atoms with Crippen LogP contribution in [0.2, 0.25) is 0 Å². The van der Waals surface area contributed by atoms with Crippen molar-refractivity contribution < 1.29 is 18.7 Å². The molecule has 37 heavy (non-hydrogen) atoms. The van der Waals surface area contributed by atoms with E-state index in [2.05, 4.69) is 20.2 Å². The first-order chi connectivity index (χ1) is 17.9. The Balaban J connectivity index is 1.22. The van der Waals surface area contributed by atoms with Gasteiger partial charge in [0.25, 0.3) is 5.91 Å². The fourth-order valence-electron chi connectivity index (χ4n) is 4.45. The number of aromatic nitrogens is 3. The second-order valence-electron chi connectivity index (χ2n) is 8.81. The van der Waals surface area contributed by atoms with Gasteiger partial charge in [-0.1, -0.05) is 12.1 Å². The molecule has 0 spiro atoms. The van der Waals surface area contributed by atoms with Crippen molar-refractivity contribution in [1.29, 1.82) is 0 Å². The summed E-state index contributed by atoms with van der Waals surface area (Å²) in [4.78, 5) is 28.4. The Hall–Kier alpha value is -4.47. The fraction of sp³-hybridized carbons (Fsp3) is 0.259. The smallest absolute Gasteiger partial charge is 0.253 e. The highest BCUT2D eigenvalue weighted by atomic mass is 19.1. The van der Waals surface area contributed by atoms with Gasteiger partial charge in [0.1, 0.15) is 11.6 Å². The van der Waals surface area contributed by atoms with Gasteiger partial charge in [-0.25, -0.2) is 9.37 Å². The lowest BCUT2D eigenvalue weighted by molar-refractivity contribution is 0.0930. The summed E-state index contributed by atoms with van der Waals surface area (Å²) in [5.74, 6) is 1.52. The molecule has 5 rings (SSSR count). The van der Waals surface area contributed by atoms with Gasteiger partial charge >= 0.3 is 0 Å². The van der Waals surface area contributed by atoms with Crippen molar-refractivity contribution in [2.45, 2.75) is 18.9 Å². The molecule has 3 heterocycles. The van der Waals surface area contributed by atoms with Crippen LogP contribution in [-0.2, 0) is 0 Å². The zero-order chi connectivity index (χ0) is 25.9. The largest absolute Gasteiger partial charge is 0.493 e. The predicted molar refractivity (Wildman–Crippen MR) is 139 cm³/mol. The Bertz CT molecular complexity index is 1440. The number of amides is 1. The summed E-state index contributed by atoms with van der Waals surface area (Å²) in [5.41, 5.74) is 8.63. The standard InChI is InChI=1S/C27H27FN6O3/c1-36-23-13-20-22(14-24(23)37-2)32-27(33-25(20)29)34-10-8-19(9-11-34)31-26(35)17-6-7-21(30-15-17)16-4-3-5-18(28)12-16/h3-7,12-15,19H,8-11H2,1-2H3,(H,31,35)(H2,29,32,33). The summed E-state index contributed by atoms with van der Waals surface area (Å²) in [5, 5.41) is 3.78. The van der Waals surface area contributed by atoms with E-state index in [1.54, 1.807) is 50.6 Å². The van der Waals surface area contributed by atoms with Crippen LogP contribution in [-0.4, -0.2) is 54.2 Å². The van der Waals surface area contributed by atoms with Crippen molar-refractivity contribution in [3.8, 4) is 22.8 Å².